The molecule has 2 aromatic rings. The number of benzene rings is 1. The smallest absolute Gasteiger partial charge is 0.223 e. The molecule has 1 aromatic heterocycles. The quantitative estimate of drug-likeness (QED) is 0.904. The third kappa shape index (κ3) is 3.53. The van der Waals surface area contributed by atoms with Crippen molar-refractivity contribution in [3.05, 3.63) is 53.9 Å². The predicted molar refractivity (Wildman–Crippen MR) is 104 cm³/mol. The Morgan fingerprint density at radius 1 is 1.26 bits per heavy atom. The number of amides is 1. The molecule has 2 aliphatic rings. The topological polar surface area (TPSA) is 58.4 Å². The summed E-state index contributed by atoms with van der Waals surface area (Å²) in [6.45, 7) is 0.637. The normalized spacial score (nSPS) is 28.0. The van der Waals surface area contributed by atoms with E-state index in [0.29, 0.717) is 19.4 Å². The van der Waals surface area contributed by atoms with E-state index >= 15 is 0 Å². The SMILES string of the molecule is Cn1cc(CCC(=O)N2CC[C@](O)(c3ccccc3)[C@@H]3CCCC[C@H]32)cn1. The third-order valence-corrected chi connectivity index (χ3v) is 6.46. The number of hydrogen-bond donors (Lipinski definition) is 1. The van der Waals surface area contributed by atoms with E-state index in [1.54, 1.807) is 4.68 Å². The first-order valence-corrected chi connectivity index (χ1v) is 10.1. The highest BCUT2D eigenvalue weighted by molar-refractivity contribution is 5.77. The molecule has 144 valence electrons. The minimum atomic E-state index is -0.813. The molecule has 27 heavy (non-hydrogen) atoms. The standard InChI is InChI=1S/C22H29N3O2/c1-24-16-17(15-23-24)11-12-21(26)25-14-13-22(27,18-7-3-2-4-8-18)19-9-5-6-10-20(19)25/h2-4,7-8,15-16,19-20,27H,5-6,9-14H2,1H3/t19-,20-,22+/m1/s1. The lowest BCUT2D eigenvalue weighted by Crippen LogP contribution is -2.59. The van der Waals surface area contributed by atoms with E-state index < -0.39 is 5.60 Å². The molecule has 5 nitrogen and oxygen atoms in total. The van der Waals surface area contributed by atoms with Gasteiger partial charge in [-0.05, 0) is 36.8 Å². The van der Waals surface area contributed by atoms with Crippen LogP contribution in [0.5, 0.6) is 0 Å². The number of piperidine rings is 1. The van der Waals surface area contributed by atoms with E-state index in [1.807, 2.05) is 49.8 Å². The van der Waals surface area contributed by atoms with E-state index in [1.165, 1.54) is 0 Å². The number of aryl methyl sites for hydroxylation is 2. The number of rotatable bonds is 4. The molecule has 1 N–H and O–H groups in total. The summed E-state index contributed by atoms with van der Waals surface area (Å²) in [7, 11) is 1.90. The fourth-order valence-corrected chi connectivity index (χ4v) is 5.07. The number of hydrogen-bond acceptors (Lipinski definition) is 3. The van der Waals surface area contributed by atoms with Crippen LogP contribution in [0.4, 0.5) is 0 Å². The third-order valence-electron chi connectivity index (χ3n) is 6.46. The van der Waals surface area contributed by atoms with Crippen molar-refractivity contribution in [1.29, 1.82) is 0 Å². The highest BCUT2D eigenvalue weighted by atomic mass is 16.3. The van der Waals surface area contributed by atoms with Crippen molar-refractivity contribution in [1.82, 2.24) is 14.7 Å². The largest absolute Gasteiger partial charge is 0.385 e. The van der Waals surface area contributed by atoms with E-state index in [2.05, 4.69) is 10.00 Å². The number of aliphatic hydroxyl groups is 1. The van der Waals surface area contributed by atoms with Gasteiger partial charge in [0.2, 0.25) is 5.91 Å². The first-order valence-electron chi connectivity index (χ1n) is 10.1. The van der Waals surface area contributed by atoms with E-state index in [9.17, 15) is 9.90 Å². The van der Waals surface area contributed by atoms with Crippen molar-refractivity contribution in [2.24, 2.45) is 13.0 Å². The second-order valence-electron chi connectivity index (χ2n) is 8.11. The van der Waals surface area contributed by atoms with Crippen molar-refractivity contribution in [3.63, 3.8) is 0 Å². The summed E-state index contributed by atoms with van der Waals surface area (Å²) in [4.78, 5) is 15.1. The van der Waals surface area contributed by atoms with Crippen LogP contribution in [0.3, 0.4) is 0 Å². The number of aromatic nitrogens is 2. The molecule has 5 heteroatoms. The summed E-state index contributed by atoms with van der Waals surface area (Å²) in [6.07, 6.45) is 9.93. The molecule has 3 atom stereocenters. The van der Waals surface area contributed by atoms with E-state index in [0.717, 1.165) is 43.2 Å². The first kappa shape index (κ1) is 18.2. The Hall–Kier alpha value is -2.14. The Balaban J connectivity index is 1.50. The van der Waals surface area contributed by atoms with Gasteiger partial charge in [-0.2, -0.15) is 5.10 Å². The van der Waals surface area contributed by atoms with Crippen molar-refractivity contribution in [3.8, 4) is 0 Å². The van der Waals surface area contributed by atoms with Crippen LogP contribution in [0.15, 0.2) is 42.7 Å². The molecule has 1 aromatic carbocycles. The lowest BCUT2D eigenvalue weighted by atomic mass is 9.66. The van der Waals surface area contributed by atoms with Gasteiger partial charge in [-0.1, -0.05) is 43.2 Å². The summed E-state index contributed by atoms with van der Waals surface area (Å²) < 4.78 is 1.78. The molecule has 1 saturated carbocycles. The lowest BCUT2D eigenvalue weighted by Gasteiger charge is -2.52. The lowest BCUT2D eigenvalue weighted by molar-refractivity contribution is -0.154. The summed E-state index contributed by atoms with van der Waals surface area (Å²) >= 11 is 0. The Kier molecular flexibility index (Phi) is 5.04. The van der Waals surface area contributed by atoms with Crippen LogP contribution in [0.1, 0.15) is 49.7 Å². The molecular formula is C22H29N3O2. The Bertz CT molecular complexity index is 788. The zero-order valence-electron chi connectivity index (χ0n) is 16.1. The molecule has 1 aliphatic heterocycles. The van der Waals surface area contributed by atoms with Crippen LogP contribution in [0.25, 0.3) is 0 Å². The van der Waals surface area contributed by atoms with Crippen LogP contribution in [-0.4, -0.2) is 38.3 Å². The fraction of sp³-hybridized carbons (Fsp3) is 0.545. The number of carbonyl (C=O) groups excluding carboxylic acids is 1. The van der Waals surface area contributed by atoms with Crippen molar-refractivity contribution in [2.45, 2.75) is 56.6 Å². The van der Waals surface area contributed by atoms with Crippen LogP contribution in [-0.2, 0) is 23.9 Å². The van der Waals surface area contributed by atoms with E-state index in [-0.39, 0.29) is 17.9 Å². The average molecular weight is 367 g/mol. The van der Waals surface area contributed by atoms with Gasteiger partial charge in [0, 0.05) is 38.2 Å². The molecule has 1 amide bonds. The van der Waals surface area contributed by atoms with Crippen LogP contribution >= 0.6 is 0 Å². The zero-order valence-corrected chi connectivity index (χ0v) is 16.1. The maximum atomic E-state index is 13.0. The molecule has 0 unspecified atom stereocenters. The molecule has 2 heterocycles. The minimum Gasteiger partial charge on any atom is -0.385 e. The van der Waals surface area contributed by atoms with Gasteiger partial charge in [0.15, 0.2) is 0 Å². The first-order chi connectivity index (χ1) is 13.1. The van der Waals surface area contributed by atoms with Gasteiger partial charge in [-0.3, -0.25) is 9.48 Å². The second-order valence-corrected chi connectivity index (χ2v) is 8.11. The number of fused-ring (bicyclic) bond motifs is 1. The molecule has 1 aliphatic carbocycles. The van der Waals surface area contributed by atoms with Gasteiger partial charge in [-0.15, -0.1) is 0 Å². The zero-order chi connectivity index (χ0) is 18.9. The van der Waals surface area contributed by atoms with Gasteiger partial charge in [0.05, 0.1) is 11.8 Å². The number of nitrogens with zero attached hydrogens (tertiary/aromatic N) is 3. The molecule has 1 saturated heterocycles. The van der Waals surface area contributed by atoms with E-state index in [4.69, 9.17) is 0 Å². The Morgan fingerprint density at radius 3 is 2.78 bits per heavy atom. The summed E-state index contributed by atoms with van der Waals surface area (Å²) in [5.41, 5.74) is 1.29. The Labute approximate surface area is 161 Å². The molecule has 0 spiro atoms. The Morgan fingerprint density at radius 2 is 2.04 bits per heavy atom. The van der Waals surface area contributed by atoms with Gasteiger partial charge in [0.25, 0.3) is 0 Å². The van der Waals surface area contributed by atoms with Crippen LogP contribution in [0.2, 0.25) is 0 Å². The molecular weight excluding hydrogens is 338 g/mol. The number of carbonyl (C=O) groups is 1. The van der Waals surface area contributed by atoms with Crippen molar-refractivity contribution < 1.29 is 9.90 Å². The summed E-state index contributed by atoms with van der Waals surface area (Å²) in [5, 5.41) is 15.8. The monoisotopic (exact) mass is 367 g/mol. The highest BCUT2D eigenvalue weighted by Crippen LogP contribution is 2.47. The van der Waals surface area contributed by atoms with Gasteiger partial charge in [-0.25, -0.2) is 0 Å². The molecule has 0 radical (unpaired) electrons. The van der Waals surface area contributed by atoms with Gasteiger partial charge in [0.1, 0.15) is 0 Å². The van der Waals surface area contributed by atoms with Gasteiger partial charge >= 0.3 is 0 Å². The van der Waals surface area contributed by atoms with Crippen LogP contribution < -0.4 is 0 Å². The van der Waals surface area contributed by atoms with Gasteiger partial charge < -0.3 is 10.0 Å². The highest BCUT2D eigenvalue weighted by Gasteiger charge is 2.50. The summed E-state index contributed by atoms with van der Waals surface area (Å²) in [6, 6.07) is 10.2. The maximum absolute atomic E-state index is 13.0. The van der Waals surface area contributed by atoms with Crippen molar-refractivity contribution >= 4 is 5.91 Å². The maximum Gasteiger partial charge on any atom is 0.223 e. The summed E-state index contributed by atoms with van der Waals surface area (Å²) in [5.74, 6) is 0.343. The fourth-order valence-electron chi connectivity index (χ4n) is 5.07. The second kappa shape index (κ2) is 7.47. The van der Waals surface area contributed by atoms with Crippen LogP contribution in [0, 0.1) is 5.92 Å². The molecule has 0 bridgehead atoms. The average Bonchev–Trinajstić information content (AvgIpc) is 3.12. The number of likely N-dealkylation sites (tertiary alicyclic amines) is 1. The predicted octanol–water partition coefficient (Wildman–Crippen LogP) is 3.03. The minimum absolute atomic E-state index is 0.129. The molecule has 2 fully saturated rings. The molecule has 4 rings (SSSR count). The van der Waals surface area contributed by atoms with Crippen molar-refractivity contribution in [2.75, 3.05) is 6.54 Å².